The zero-order valence-corrected chi connectivity index (χ0v) is 20.9. The lowest BCUT2D eigenvalue weighted by atomic mass is 10.0. The topological polar surface area (TPSA) is 60.5 Å². The first-order valence-corrected chi connectivity index (χ1v) is 12.6. The Morgan fingerprint density at radius 1 is 0.944 bits per heavy atom. The van der Waals surface area contributed by atoms with Crippen molar-refractivity contribution in [2.75, 3.05) is 37.4 Å². The molecule has 0 aliphatic carbocycles. The van der Waals surface area contributed by atoms with Gasteiger partial charge in [-0.25, -0.2) is 4.98 Å². The van der Waals surface area contributed by atoms with Gasteiger partial charge >= 0.3 is 0 Å². The van der Waals surface area contributed by atoms with Crippen molar-refractivity contribution in [3.63, 3.8) is 0 Å². The van der Waals surface area contributed by atoms with Crippen LogP contribution in [0.2, 0.25) is 0 Å². The number of hydrogen-bond donors (Lipinski definition) is 2. The number of likely N-dealkylation sites (tertiary alicyclic amines) is 1. The summed E-state index contributed by atoms with van der Waals surface area (Å²) in [6, 6.07) is 28.6. The van der Waals surface area contributed by atoms with E-state index in [1.54, 1.807) is 0 Å². The van der Waals surface area contributed by atoms with Crippen molar-refractivity contribution in [3.8, 4) is 0 Å². The molecule has 36 heavy (non-hydrogen) atoms. The van der Waals surface area contributed by atoms with Crippen molar-refractivity contribution in [1.82, 2.24) is 15.2 Å². The molecule has 1 aliphatic rings. The molecule has 5 rings (SSSR count). The maximum absolute atomic E-state index is 13.5. The largest absolute Gasteiger partial charge is 0.378 e. The summed E-state index contributed by atoms with van der Waals surface area (Å²) in [4.78, 5) is 22.8. The number of hydrogen-bond acceptors (Lipinski definition) is 5. The van der Waals surface area contributed by atoms with Gasteiger partial charge in [0, 0.05) is 56.5 Å². The number of carbonyl (C=O) groups is 1. The first kappa shape index (κ1) is 23.8. The average Bonchev–Trinajstić information content (AvgIpc) is 2.90. The molecule has 0 unspecified atom stereocenters. The molecule has 1 amide bonds. The van der Waals surface area contributed by atoms with E-state index in [1.807, 2.05) is 56.6 Å². The minimum Gasteiger partial charge on any atom is -0.378 e. The zero-order chi connectivity index (χ0) is 24.9. The lowest BCUT2D eigenvalue weighted by Gasteiger charge is -2.32. The van der Waals surface area contributed by atoms with Crippen LogP contribution in [0.15, 0.2) is 84.9 Å². The van der Waals surface area contributed by atoms with Crippen LogP contribution < -0.4 is 15.5 Å². The summed E-state index contributed by atoms with van der Waals surface area (Å²) in [6.07, 6.45) is 1.90. The Kier molecular flexibility index (Phi) is 7.14. The van der Waals surface area contributed by atoms with Crippen LogP contribution in [0.25, 0.3) is 10.9 Å². The Balaban J connectivity index is 1.29. The number of para-hydroxylation sites is 1. The first-order chi connectivity index (χ1) is 17.5. The third kappa shape index (κ3) is 5.66. The highest BCUT2D eigenvalue weighted by Crippen LogP contribution is 2.25. The molecule has 6 heteroatoms. The number of amides is 1. The van der Waals surface area contributed by atoms with Crippen molar-refractivity contribution < 1.29 is 4.79 Å². The number of aromatic nitrogens is 1. The van der Waals surface area contributed by atoms with Gasteiger partial charge in [-0.3, -0.25) is 9.69 Å². The molecule has 3 aromatic carbocycles. The van der Waals surface area contributed by atoms with Crippen LogP contribution in [-0.4, -0.2) is 49.0 Å². The van der Waals surface area contributed by atoms with Crippen LogP contribution >= 0.6 is 0 Å². The third-order valence-corrected chi connectivity index (χ3v) is 6.77. The van der Waals surface area contributed by atoms with E-state index < -0.39 is 0 Å². The predicted molar refractivity (Wildman–Crippen MR) is 148 cm³/mol. The Hall–Kier alpha value is -3.90. The zero-order valence-electron chi connectivity index (χ0n) is 20.9. The number of nitrogens with zero attached hydrogens (tertiary/aromatic N) is 3. The number of rotatable bonds is 7. The fraction of sp³-hybridized carbons (Fsp3) is 0.267. The highest BCUT2D eigenvalue weighted by Gasteiger charge is 2.22. The standard InChI is InChI=1S/C30H33N5O/c1-34(2)25-12-8-11-24(19-25)31-29-20-27(26-13-6-7-14-28(26)33-29)30(36)32-23-15-17-35(18-16-23)21-22-9-4-3-5-10-22/h3-14,19-20,23H,15-18,21H2,1-2H3,(H,31,33)(H,32,36). The van der Waals surface area contributed by atoms with E-state index in [0.717, 1.165) is 54.8 Å². The first-order valence-electron chi connectivity index (χ1n) is 12.6. The van der Waals surface area contributed by atoms with E-state index in [-0.39, 0.29) is 11.9 Å². The summed E-state index contributed by atoms with van der Waals surface area (Å²) < 4.78 is 0. The summed E-state index contributed by atoms with van der Waals surface area (Å²) in [5.74, 6) is 0.618. The maximum atomic E-state index is 13.5. The highest BCUT2D eigenvalue weighted by atomic mass is 16.1. The van der Waals surface area contributed by atoms with Crippen molar-refractivity contribution in [1.29, 1.82) is 0 Å². The molecule has 6 nitrogen and oxygen atoms in total. The van der Waals surface area contributed by atoms with E-state index in [0.29, 0.717) is 11.4 Å². The van der Waals surface area contributed by atoms with Gasteiger partial charge in [-0.15, -0.1) is 0 Å². The molecule has 0 bridgehead atoms. The lowest BCUT2D eigenvalue weighted by Crippen LogP contribution is -2.44. The average molecular weight is 480 g/mol. The quantitative estimate of drug-likeness (QED) is 0.370. The van der Waals surface area contributed by atoms with E-state index in [1.165, 1.54) is 5.56 Å². The lowest BCUT2D eigenvalue weighted by molar-refractivity contribution is 0.0910. The molecule has 0 radical (unpaired) electrons. The Morgan fingerprint density at radius 3 is 2.47 bits per heavy atom. The second kappa shape index (κ2) is 10.8. The third-order valence-electron chi connectivity index (χ3n) is 6.77. The molecule has 0 saturated carbocycles. The molecular weight excluding hydrogens is 446 g/mol. The fourth-order valence-corrected chi connectivity index (χ4v) is 4.78. The summed E-state index contributed by atoms with van der Waals surface area (Å²) in [5, 5.41) is 7.56. The smallest absolute Gasteiger partial charge is 0.252 e. The Labute approximate surface area is 213 Å². The molecule has 1 aliphatic heterocycles. The highest BCUT2D eigenvalue weighted by molar-refractivity contribution is 6.07. The molecule has 0 spiro atoms. The van der Waals surface area contributed by atoms with Gasteiger partial charge in [0.05, 0.1) is 11.1 Å². The van der Waals surface area contributed by atoms with Gasteiger partial charge in [-0.1, -0.05) is 54.6 Å². The monoisotopic (exact) mass is 479 g/mol. The molecule has 0 atom stereocenters. The number of piperidine rings is 1. The summed E-state index contributed by atoms with van der Waals surface area (Å²) >= 11 is 0. The van der Waals surface area contributed by atoms with Gasteiger partial charge in [0.15, 0.2) is 0 Å². The van der Waals surface area contributed by atoms with Crippen LogP contribution in [0.3, 0.4) is 0 Å². The number of anilines is 3. The maximum Gasteiger partial charge on any atom is 0.252 e. The van der Waals surface area contributed by atoms with Gasteiger partial charge in [-0.2, -0.15) is 0 Å². The van der Waals surface area contributed by atoms with Crippen LogP contribution in [0.4, 0.5) is 17.2 Å². The predicted octanol–water partition coefficient (Wildman–Crippen LogP) is 5.44. The molecule has 2 N–H and O–H groups in total. The molecule has 1 aromatic heterocycles. The van der Waals surface area contributed by atoms with Crippen molar-refractivity contribution >= 4 is 34.0 Å². The van der Waals surface area contributed by atoms with Crippen molar-refractivity contribution in [2.45, 2.75) is 25.4 Å². The minimum atomic E-state index is -0.0415. The molecule has 1 saturated heterocycles. The Bertz CT molecular complexity index is 1330. The van der Waals surface area contributed by atoms with E-state index in [9.17, 15) is 4.79 Å². The summed E-state index contributed by atoms with van der Waals surface area (Å²) in [5.41, 5.74) is 4.81. The van der Waals surface area contributed by atoms with Gasteiger partial charge in [0.25, 0.3) is 5.91 Å². The SMILES string of the molecule is CN(C)c1cccc(Nc2cc(C(=O)NC3CCN(Cc4ccccc4)CC3)c3ccccc3n2)c1. The summed E-state index contributed by atoms with van der Waals surface area (Å²) in [6.45, 7) is 2.92. The van der Waals surface area contributed by atoms with E-state index in [2.05, 4.69) is 62.9 Å². The second-order valence-corrected chi connectivity index (χ2v) is 9.65. The molecule has 184 valence electrons. The van der Waals surface area contributed by atoms with E-state index >= 15 is 0 Å². The van der Waals surface area contributed by atoms with E-state index in [4.69, 9.17) is 4.98 Å². The number of carbonyl (C=O) groups excluding carboxylic acids is 1. The van der Waals surface area contributed by atoms with Gasteiger partial charge in [0.1, 0.15) is 5.82 Å². The fourth-order valence-electron chi connectivity index (χ4n) is 4.78. The number of nitrogens with one attached hydrogen (secondary N) is 2. The van der Waals surface area contributed by atoms with Gasteiger partial charge < -0.3 is 15.5 Å². The number of benzene rings is 3. The van der Waals surface area contributed by atoms with Gasteiger partial charge in [-0.05, 0) is 48.7 Å². The molecular formula is C30H33N5O. The normalized spacial score (nSPS) is 14.5. The number of fused-ring (bicyclic) bond motifs is 1. The van der Waals surface area contributed by atoms with Crippen LogP contribution in [0.5, 0.6) is 0 Å². The van der Waals surface area contributed by atoms with Crippen LogP contribution in [0.1, 0.15) is 28.8 Å². The molecule has 1 fully saturated rings. The van der Waals surface area contributed by atoms with Crippen LogP contribution in [0, 0.1) is 0 Å². The molecule has 4 aromatic rings. The second-order valence-electron chi connectivity index (χ2n) is 9.65. The van der Waals surface area contributed by atoms with Crippen molar-refractivity contribution in [3.05, 3.63) is 96.1 Å². The Morgan fingerprint density at radius 2 is 1.69 bits per heavy atom. The van der Waals surface area contributed by atoms with Crippen LogP contribution in [-0.2, 0) is 6.54 Å². The van der Waals surface area contributed by atoms with Crippen molar-refractivity contribution in [2.24, 2.45) is 0 Å². The molecule has 2 heterocycles. The van der Waals surface area contributed by atoms with Gasteiger partial charge in [0.2, 0.25) is 0 Å². The summed E-state index contributed by atoms with van der Waals surface area (Å²) in [7, 11) is 4.03. The number of pyridine rings is 1. The minimum absolute atomic E-state index is 0.0415.